The van der Waals surface area contributed by atoms with Crippen molar-refractivity contribution in [3.05, 3.63) is 28.8 Å². The standard InChI is InChI=1S/C13H14N2O2S/c1-7-5-9-10(6-8(7)2)18-4-3-13(9)11(16)14-12(17)15-13/h5-6H,3-4H2,1-2H3,(H2,14,15,16,17). The molecule has 1 spiro atoms. The van der Waals surface area contributed by atoms with Crippen molar-refractivity contribution in [1.82, 2.24) is 10.6 Å². The van der Waals surface area contributed by atoms with E-state index in [1.54, 1.807) is 11.8 Å². The molecule has 94 valence electrons. The van der Waals surface area contributed by atoms with Crippen molar-refractivity contribution in [1.29, 1.82) is 0 Å². The van der Waals surface area contributed by atoms with Crippen LogP contribution in [0, 0.1) is 13.8 Å². The van der Waals surface area contributed by atoms with Crippen molar-refractivity contribution < 1.29 is 9.59 Å². The minimum absolute atomic E-state index is 0.225. The molecule has 4 nitrogen and oxygen atoms in total. The van der Waals surface area contributed by atoms with Crippen LogP contribution in [0.15, 0.2) is 17.0 Å². The Morgan fingerprint density at radius 2 is 1.94 bits per heavy atom. The smallest absolute Gasteiger partial charge is 0.319 e. The zero-order chi connectivity index (χ0) is 12.9. The summed E-state index contributed by atoms with van der Waals surface area (Å²) < 4.78 is 0. The maximum absolute atomic E-state index is 12.1. The number of aryl methyl sites for hydroxylation is 2. The largest absolute Gasteiger partial charge is 0.322 e. The molecule has 2 aliphatic rings. The van der Waals surface area contributed by atoms with Crippen LogP contribution in [0.3, 0.4) is 0 Å². The van der Waals surface area contributed by atoms with E-state index in [0.29, 0.717) is 6.42 Å². The molecule has 1 aromatic carbocycles. The Bertz CT molecular complexity index is 570. The Hall–Kier alpha value is -1.49. The number of rotatable bonds is 0. The van der Waals surface area contributed by atoms with E-state index in [4.69, 9.17) is 0 Å². The molecule has 1 aromatic rings. The second kappa shape index (κ2) is 3.75. The van der Waals surface area contributed by atoms with Gasteiger partial charge in [0.05, 0.1) is 0 Å². The van der Waals surface area contributed by atoms with Crippen molar-refractivity contribution in [2.45, 2.75) is 30.7 Å². The molecule has 5 heteroatoms. The molecule has 1 unspecified atom stereocenters. The summed E-state index contributed by atoms with van der Waals surface area (Å²) in [5.41, 5.74) is 2.44. The lowest BCUT2D eigenvalue weighted by Gasteiger charge is -2.33. The second-order valence-corrected chi connectivity index (χ2v) is 5.98. The lowest BCUT2D eigenvalue weighted by atomic mass is 9.85. The lowest BCUT2D eigenvalue weighted by molar-refractivity contribution is -0.124. The SMILES string of the molecule is Cc1cc2c(cc1C)C1(CCS2)NC(=O)NC1=O. The van der Waals surface area contributed by atoms with Crippen molar-refractivity contribution in [3.8, 4) is 0 Å². The van der Waals surface area contributed by atoms with E-state index in [9.17, 15) is 9.59 Å². The first-order valence-electron chi connectivity index (χ1n) is 5.91. The first-order chi connectivity index (χ1) is 8.53. The van der Waals surface area contributed by atoms with Gasteiger partial charge in [0.2, 0.25) is 0 Å². The second-order valence-electron chi connectivity index (χ2n) is 4.84. The molecule has 1 fully saturated rings. The molecule has 1 saturated heterocycles. The number of amides is 3. The first kappa shape index (κ1) is 11.6. The summed E-state index contributed by atoms with van der Waals surface area (Å²) in [6.45, 7) is 4.09. The van der Waals surface area contributed by atoms with E-state index in [1.807, 2.05) is 13.0 Å². The molecule has 2 heterocycles. The van der Waals surface area contributed by atoms with Crippen LogP contribution >= 0.6 is 11.8 Å². The van der Waals surface area contributed by atoms with Gasteiger partial charge in [-0.15, -0.1) is 11.8 Å². The molecule has 3 amide bonds. The highest BCUT2D eigenvalue weighted by Gasteiger charge is 2.50. The minimum Gasteiger partial charge on any atom is -0.319 e. The third kappa shape index (κ3) is 1.47. The lowest BCUT2D eigenvalue weighted by Crippen LogP contribution is -2.46. The fourth-order valence-corrected chi connectivity index (χ4v) is 3.83. The molecule has 0 bridgehead atoms. The number of carbonyl (C=O) groups is 2. The number of thioether (sulfide) groups is 1. The van der Waals surface area contributed by atoms with E-state index in [-0.39, 0.29) is 5.91 Å². The van der Waals surface area contributed by atoms with Crippen molar-refractivity contribution >= 4 is 23.7 Å². The number of fused-ring (bicyclic) bond motifs is 2. The minimum atomic E-state index is -0.851. The number of hydrogen-bond acceptors (Lipinski definition) is 3. The predicted molar refractivity (Wildman–Crippen MR) is 69.6 cm³/mol. The van der Waals surface area contributed by atoms with Crippen LogP contribution < -0.4 is 10.6 Å². The number of imide groups is 1. The first-order valence-corrected chi connectivity index (χ1v) is 6.89. The third-order valence-electron chi connectivity index (χ3n) is 3.73. The van der Waals surface area contributed by atoms with Crippen molar-refractivity contribution in [2.24, 2.45) is 0 Å². The summed E-state index contributed by atoms with van der Waals surface area (Å²) in [4.78, 5) is 24.7. The van der Waals surface area contributed by atoms with Gasteiger partial charge in [0, 0.05) is 16.2 Å². The van der Waals surface area contributed by atoms with Crippen LogP contribution in [0.1, 0.15) is 23.1 Å². The third-order valence-corrected chi connectivity index (χ3v) is 4.79. The topological polar surface area (TPSA) is 58.2 Å². The van der Waals surface area contributed by atoms with Crippen LogP contribution in [-0.4, -0.2) is 17.7 Å². The summed E-state index contributed by atoms with van der Waals surface area (Å²) in [7, 11) is 0. The summed E-state index contributed by atoms with van der Waals surface area (Å²) in [5.74, 6) is 0.612. The predicted octanol–water partition coefficient (Wildman–Crippen LogP) is 1.83. The Kier molecular flexibility index (Phi) is 2.41. The van der Waals surface area contributed by atoms with Gasteiger partial charge in [-0.3, -0.25) is 10.1 Å². The van der Waals surface area contributed by atoms with E-state index in [2.05, 4.69) is 23.6 Å². The zero-order valence-corrected chi connectivity index (χ0v) is 11.1. The summed E-state index contributed by atoms with van der Waals surface area (Å²) in [6.07, 6.45) is 0.644. The normalized spacial score (nSPS) is 25.9. The quantitative estimate of drug-likeness (QED) is 0.701. The molecule has 0 radical (unpaired) electrons. The Labute approximate surface area is 110 Å². The fraction of sp³-hybridized carbons (Fsp3) is 0.385. The van der Waals surface area contributed by atoms with Crippen LogP contribution in [0.4, 0.5) is 4.79 Å². The Morgan fingerprint density at radius 3 is 2.61 bits per heavy atom. The van der Waals surface area contributed by atoms with Crippen molar-refractivity contribution in [3.63, 3.8) is 0 Å². The van der Waals surface area contributed by atoms with Gasteiger partial charge < -0.3 is 5.32 Å². The number of hydrogen-bond donors (Lipinski definition) is 2. The van der Waals surface area contributed by atoms with Gasteiger partial charge in [-0.05, 0) is 37.5 Å². The highest BCUT2D eigenvalue weighted by atomic mass is 32.2. The maximum atomic E-state index is 12.1. The average Bonchev–Trinajstić information content (AvgIpc) is 2.58. The molecular weight excluding hydrogens is 248 g/mol. The number of carbonyl (C=O) groups excluding carboxylic acids is 2. The average molecular weight is 262 g/mol. The van der Waals surface area contributed by atoms with Crippen molar-refractivity contribution in [2.75, 3.05) is 5.75 Å². The Morgan fingerprint density at radius 1 is 1.22 bits per heavy atom. The number of nitrogens with one attached hydrogen (secondary N) is 2. The molecule has 1 atom stereocenters. The summed E-state index contributed by atoms with van der Waals surface area (Å²) >= 11 is 1.74. The van der Waals surface area contributed by atoms with Gasteiger partial charge >= 0.3 is 6.03 Å². The fourth-order valence-electron chi connectivity index (χ4n) is 2.55. The maximum Gasteiger partial charge on any atom is 0.322 e. The van der Waals surface area contributed by atoms with Gasteiger partial charge in [-0.25, -0.2) is 4.79 Å². The molecule has 2 N–H and O–H groups in total. The van der Waals surface area contributed by atoms with Gasteiger partial charge in [0.15, 0.2) is 0 Å². The van der Waals surface area contributed by atoms with Gasteiger partial charge in [0.25, 0.3) is 5.91 Å². The van der Waals surface area contributed by atoms with Crippen LogP contribution in [0.5, 0.6) is 0 Å². The number of benzene rings is 1. The summed E-state index contributed by atoms with van der Waals surface area (Å²) in [5, 5.41) is 5.16. The molecule has 0 aliphatic carbocycles. The highest BCUT2D eigenvalue weighted by Crippen LogP contribution is 2.42. The van der Waals surface area contributed by atoms with E-state index < -0.39 is 11.6 Å². The molecule has 18 heavy (non-hydrogen) atoms. The van der Waals surface area contributed by atoms with E-state index >= 15 is 0 Å². The Balaban J connectivity index is 2.20. The van der Waals surface area contributed by atoms with Gasteiger partial charge in [-0.1, -0.05) is 6.07 Å². The van der Waals surface area contributed by atoms with Gasteiger partial charge in [0.1, 0.15) is 5.54 Å². The molecular formula is C13H14N2O2S. The number of urea groups is 1. The van der Waals surface area contributed by atoms with Gasteiger partial charge in [-0.2, -0.15) is 0 Å². The van der Waals surface area contributed by atoms with Crippen LogP contribution in [-0.2, 0) is 10.3 Å². The molecule has 0 aromatic heterocycles. The molecule has 2 aliphatic heterocycles. The monoisotopic (exact) mass is 262 g/mol. The zero-order valence-electron chi connectivity index (χ0n) is 10.3. The summed E-state index contributed by atoms with van der Waals surface area (Å²) in [6, 6.07) is 3.74. The van der Waals surface area contributed by atoms with E-state index in [0.717, 1.165) is 21.8 Å². The molecule has 0 saturated carbocycles. The molecule has 3 rings (SSSR count). The van der Waals surface area contributed by atoms with Crippen LogP contribution in [0.25, 0.3) is 0 Å². The highest BCUT2D eigenvalue weighted by molar-refractivity contribution is 7.99. The van der Waals surface area contributed by atoms with Crippen LogP contribution in [0.2, 0.25) is 0 Å². The van der Waals surface area contributed by atoms with E-state index in [1.165, 1.54) is 5.56 Å².